The molecule has 0 radical (unpaired) electrons. The van der Waals surface area contributed by atoms with Gasteiger partial charge in [0, 0.05) is 131 Å². The molecule has 4 atom stereocenters. The maximum Gasteiger partial charge on any atom is 0.228 e. The highest BCUT2D eigenvalue weighted by molar-refractivity contribution is 7.93. The third kappa shape index (κ3) is 23.9. The van der Waals surface area contributed by atoms with Crippen molar-refractivity contribution in [1.82, 2.24) is 98.3 Å². The Morgan fingerprint density at radius 3 is 1.01 bits per heavy atom. The number of nitrogens with one attached hydrogen (secondary N) is 3. The zero-order chi connectivity index (χ0) is 98.5. The number of hydrogen-bond donors (Lipinski definition) is 5. The van der Waals surface area contributed by atoms with Gasteiger partial charge in [0.1, 0.15) is 29.1 Å². The molecule has 2 unspecified atom stereocenters. The fraction of sp³-hybridized carbons (Fsp3) is 0.383. The molecule has 24 rings (SSSR count). The smallest absolute Gasteiger partial charge is 0.228 e. The van der Waals surface area contributed by atoms with E-state index in [0.29, 0.717) is 87.3 Å². The number of carbonyl (C=O) groups excluding carboxylic acids is 1. The molecule has 0 saturated heterocycles. The number of pyridine rings is 4. The van der Waals surface area contributed by atoms with Gasteiger partial charge in [-0.3, -0.25) is 24.7 Å². The number of nitrogens with zero attached hydrogens (tertiary/aromatic N) is 21. The molecule has 34 heteroatoms. The Balaban J connectivity index is 0.000000117. The molecule has 0 aromatic carbocycles. The Bertz CT molecular complexity index is 6690. The lowest BCUT2D eigenvalue weighted by Crippen LogP contribution is -2.25. The largest absolute Gasteiger partial charge is 0.411 e. The van der Waals surface area contributed by atoms with Crippen molar-refractivity contribution < 1.29 is 31.4 Å². The lowest BCUT2D eigenvalue weighted by molar-refractivity contribution is -0.118. The van der Waals surface area contributed by atoms with Gasteiger partial charge in [0.2, 0.25) is 23.1 Å². The van der Waals surface area contributed by atoms with Crippen LogP contribution in [-0.4, -0.2) is 145 Å². The van der Waals surface area contributed by atoms with Crippen LogP contribution in [0.3, 0.4) is 0 Å². The van der Waals surface area contributed by atoms with Crippen LogP contribution in [0.5, 0.6) is 0 Å². The molecule has 12 aromatic heterocycles. The first-order valence-electron chi connectivity index (χ1n) is 48.6. The maximum atomic E-state index is 13.7. The summed E-state index contributed by atoms with van der Waals surface area (Å²) in [7, 11) is 0. The summed E-state index contributed by atoms with van der Waals surface area (Å²) in [5, 5.41) is 40.5. The van der Waals surface area contributed by atoms with E-state index in [0.717, 1.165) is 180 Å². The number of anilines is 3. The fourth-order valence-electron chi connectivity index (χ4n) is 19.5. The number of oxime groups is 1. The van der Waals surface area contributed by atoms with Crippen LogP contribution >= 0.6 is 23.7 Å². The van der Waals surface area contributed by atoms with Crippen molar-refractivity contribution in [2.24, 2.45) is 10.9 Å². The van der Waals surface area contributed by atoms with Crippen LogP contribution in [0.15, 0.2) is 244 Å². The van der Waals surface area contributed by atoms with Gasteiger partial charge in [0.15, 0.2) is 45.9 Å². The monoisotopic (exact) mass is 1950 g/mol. The normalized spacial score (nSPS) is 19.2. The molecule has 0 bridgehead atoms. The summed E-state index contributed by atoms with van der Waals surface area (Å²) in [6.07, 6.45) is 71.1. The first kappa shape index (κ1) is 99.1. The van der Waals surface area contributed by atoms with Gasteiger partial charge in [-0.05, 0) is 228 Å². The number of allylic oxidation sites excluding steroid dienone is 20. The van der Waals surface area contributed by atoms with Gasteiger partial charge in [-0.25, -0.2) is 37.5 Å². The highest BCUT2D eigenvalue weighted by Crippen LogP contribution is 2.41. The SMILES string of the molecule is CC(C)c1cnn2c(Cl)nc(-c3cncc(F)c3)nc12.CC(C)c1cnn2c(NC3CCC4=C(C=CC4)C3)nc(-c3cncc(F)c3)nc12.CC(C)c1cnn2c(N[C@@H]3CCC4=C(C=CC4)C3)nc(-c3cncc(F)c3)nc12.CC(C)c1cnn2c(N[C@H]3CCC4=C(C=CC4)C3)nc(-c3cncc(F)c3)nc12.CSF.NC1CCC2=C(C=CC2)C1.O/N=C1\CCC2=C(C=CC2)C1.O=C1CCC2=C(C=CC2)C1. The maximum absolute atomic E-state index is 13.7. The first-order valence-corrected chi connectivity index (χ1v) is 50.1. The van der Waals surface area contributed by atoms with E-state index in [1.165, 1.54) is 124 Å². The van der Waals surface area contributed by atoms with Crippen LogP contribution in [0.25, 0.3) is 68.1 Å². The molecule has 12 aromatic rings. The Hall–Kier alpha value is -13.5. The van der Waals surface area contributed by atoms with E-state index < -0.39 is 23.3 Å². The first-order chi connectivity index (χ1) is 68.3. The molecule has 12 aliphatic rings. The summed E-state index contributed by atoms with van der Waals surface area (Å²) >= 11 is 6.36. The van der Waals surface area contributed by atoms with Gasteiger partial charge < -0.3 is 26.9 Å². The molecule has 0 spiro atoms. The number of aromatic nitrogens is 20. The molecule has 0 fully saturated rings. The molecule has 0 aliphatic heterocycles. The quantitative estimate of drug-likeness (QED) is 0.0383. The van der Waals surface area contributed by atoms with E-state index in [-0.39, 0.29) is 59.2 Å². The highest BCUT2D eigenvalue weighted by atomic mass is 35.5. The third-order valence-corrected chi connectivity index (χ3v) is 27.4. The predicted octanol–water partition coefficient (Wildman–Crippen LogP) is 24.4. The van der Waals surface area contributed by atoms with Gasteiger partial charge in [-0.1, -0.05) is 167 Å². The molecule has 0 amide bonds. The number of rotatable bonds is 14. The lowest BCUT2D eigenvalue weighted by Gasteiger charge is -2.25. The predicted molar refractivity (Wildman–Crippen MR) is 544 cm³/mol. The molecular formula is C107H117ClF5N25O2S. The van der Waals surface area contributed by atoms with E-state index in [1.54, 1.807) is 60.6 Å². The van der Waals surface area contributed by atoms with Crippen molar-refractivity contribution in [3.05, 3.63) is 289 Å². The average Bonchev–Trinajstić information content (AvgIpc) is 1.66. The van der Waals surface area contributed by atoms with Crippen molar-refractivity contribution in [3.8, 4) is 45.6 Å². The Kier molecular flexibility index (Phi) is 31.9. The molecule has 0 saturated carbocycles. The van der Waals surface area contributed by atoms with Gasteiger partial charge in [-0.2, -0.15) is 62.3 Å². The Labute approximate surface area is 825 Å². The summed E-state index contributed by atoms with van der Waals surface area (Å²) in [6, 6.07) is 6.82. The number of ketones is 1. The number of carbonyl (C=O) groups is 1. The second-order valence-electron chi connectivity index (χ2n) is 38.3. The topological polar surface area (TPSA) is 336 Å². The van der Waals surface area contributed by atoms with Crippen molar-refractivity contribution in [3.63, 3.8) is 0 Å². The Morgan fingerprint density at radius 2 is 0.674 bits per heavy atom. The minimum absolute atomic E-state index is 0.182. The fourth-order valence-corrected chi connectivity index (χ4v) is 19.7. The highest BCUT2D eigenvalue weighted by Gasteiger charge is 2.31. The zero-order valence-electron chi connectivity index (χ0n) is 80.8. The number of nitrogens with two attached hydrogens (primary N) is 1. The molecule has 12 heterocycles. The van der Waals surface area contributed by atoms with Gasteiger partial charge in [0.25, 0.3) is 0 Å². The molecule has 12 aliphatic carbocycles. The summed E-state index contributed by atoms with van der Waals surface area (Å²) in [5.74, 6) is 3.38. The van der Waals surface area contributed by atoms with Gasteiger partial charge in [-0.15, -0.1) is 0 Å². The van der Waals surface area contributed by atoms with E-state index >= 15 is 0 Å². The minimum atomic E-state index is -0.445. The second kappa shape index (κ2) is 45.4. The standard InChI is InChI=1S/3C22H23FN6.C13H11ClFN5.C9H11NO.C9H13N.C9H10O.CH3FS/c3*1-13(2)19-12-25-29-21(19)27-20(16-8-17(23)11-24-10-16)28-22(29)26-18-7-6-14-4-3-5-15(14)9-18;1-7(2)10-6-17-20-12(10)18-11(19-13(20)14)8-3-9(15)5-16-4-8;11-10-9-5-4-7-2-1-3-8(7)6-9;2*10-9-5-4-7-2-1-3-8(7)6-9;1-3-2/h3*3,5,8,10-13,18H,4,6-7,9H2,1-2H3,(H,26,27,28);3-7H,1-2H3;1,3,11H,2,4-6H2;1,3,9H,2,4-6,10H2;1,3H,2,4-6H2;1H3/b;;;;10-9+;;;/t2*18-;;;;;;/m10....../s1. The van der Waals surface area contributed by atoms with E-state index in [2.05, 4.69) is 186 Å². The van der Waals surface area contributed by atoms with Crippen molar-refractivity contribution >= 4 is 75.7 Å². The van der Waals surface area contributed by atoms with Crippen LogP contribution in [-0.2, 0) is 4.79 Å². The number of halogens is 6. The third-order valence-electron chi connectivity index (χ3n) is 27.1. The van der Waals surface area contributed by atoms with E-state index in [4.69, 9.17) is 52.4 Å². The van der Waals surface area contributed by atoms with Crippen LogP contribution in [0.4, 0.5) is 39.3 Å². The van der Waals surface area contributed by atoms with E-state index in [1.807, 2.05) is 32.4 Å². The Morgan fingerprint density at radius 1 is 0.383 bits per heavy atom. The van der Waals surface area contributed by atoms with Crippen molar-refractivity contribution in [2.75, 3.05) is 22.2 Å². The summed E-state index contributed by atoms with van der Waals surface area (Å²) in [4.78, 5) is 63.4. The van der Waals surface area contributed by atoms with Gasteiger partial charge >= 0.3 is 0 Å². The number of Topliss-reactive ketones (excluding diaryl/α,β-unsaturated/α-hetero) is 1. The van der Waals surface area contributed by atoms with Gasteiger partial charge in [0.05, 0.1) is 55.3 Å². The molecule has 141 heavy (non-hydrogen) atoms. The number of hydrogen-bond acceptors (Lipinski definition) is 24. The summed E-state index contributed by atoms with van der Waals surface area (Å²) < 4.78 is 71.5. The van der Waals surface area contributed by atoms with Crippen molar-refractivity contribution in [2.45, 2.75) is 257 Å². The van der Waals surface area contributed by atoms with Crippen LogP contribution in [0, 0.1) is 23.3 Å². The van der Waals surface area contributed by atoms with Crippen LogP contribution < -0.4 is 21.7 Å². The summed E-state index contributed by atoms with van der Waals surface area (Å²) in [5.41, 5.74) is 33.7. The summed E-state index contributed by atoms with van der Waals surface area (Å²) in [6.45, 7) is 16.7. The zero-order valence-corrected chi connectivity index (χ0v) is 82.3. The minimum Gasteiger partial charge on any atom is -0.411 e. The van der Waals surface area contributed by atoms with Crippen LogP contribution in [0.1, 0.15) is 255 Å². The van der Waals surface area contributed by atoms with Crippen LogP contribution in [0.2, 0.25) is 5.28 Å². The number of fused-ring (bicyclic) bond motifs is 4. The molecular weight excluding hydrogens is 1830 g/mol. The molecule has 6 N–H and O–H groups in total. The second-order valence-corrected chi connectivity index (χ2v) is 39.0. The molecule has 730 valence electrons. The van der Waals surface area contributed by atoms with E-state index in [9.17, 15) is 26.2 Å². The lowest BCUT2D eigenvalue weighted by atomic mass is 9.90. The van der Waals surface area contributed by atoms with Crippen molar-refractivity contribution in [1.29, 1.82) is 0 Å². The average molecular weight is 1950 g/mol. The molecule has 27 nitrogen and oxygen atoms in total.